The molecule has 0 aromatic rings. The van der Waals surface area contributed by atoms with Crippen molar-refractivity contribution in [2.75, 3.05) is 19.8 Å². The molecule has 1 N–H and O–H groups in total. The van der Waals surface area contributed by atoms with Crippen molar-refractivity contribution in [3.8, 4) is 0 Å². The molecule has 0 radical (unpaired) electrons. The first kappa shape index (κ1) is 15.0. The summed E-state index contributed by atoms with van der Waals surface area (Å²) in [7, 11) is -3.19. The molecule has 19 heavy (non-hydrogen) atoms. The molecule has 0 aromatic heterocycles. The summed E-state index contributed by atoms with van der Waals surface area (Å²) in [5.41, 5.74) is 1.20. The van der Waals surface area contributed by atoms with Crippen molar-refractivity contribution in [2.24, 2.45) is 0 Å². The molecule has 2 rings (SSSR count). The molecule has 2 fully saturated rings. The van der Waals surface area contributed by atoms with E-state index in [1.165, 1.54) is 5.57 Å². The maximum Gasteiger partial charge on any atom is 0.214 e. The van der Waals surface area contributed by atoms with Crippen molar-refractivity contribution in [3.63, 3.8) is 0 Å². The molecule has 2 atom stereocenters. The molecule has 1 saturated heterocycles. The molecule has 0 amide bonds. The summed E-state index contributed by atoms with van der Waals surface area (Å²) in [6.45, 7) is 5.57. The normalized spacial score (nSPS) is 28.1. The van der Waals surface area contributed by atoms with Gasteiger partial charge in [0.05, 0.1) is 30.6 Å². The highest BCUT2D eigenvalue weighted by atomic mass is 32.2. The molecule has 1 aliphatic carbocycles. The maximum atomic E-state index is 12.0. The molecule has 5 nitrogen and oxygen atoms in total. The van der Waals surface area contributed by atoms with Crippen molar-refractivity contribution in [2.45, 2.75) is 50.5 Å². The van der Waals surface area contributed by atoms with Crippen LogP contribution < -0.4 is 4.72 Å². The minimum Gasteiger partial charge on any atom is -0.380 e. The predicted molar refractivity (Wildman–Crippen MR) is 73.5 cm³/mol. The third-order valence-corrected chi connectivity index (χ3v) is 5.35. The number of allylic oxidation sites excluding steroid dienone is 1. The zero-order valence-electron chi connectivity index (χ0n) is 11.6. The van der Waals surface area contributed by atoms with Crippen LogP contribution in [0.2, 0.25) is 0 Å². The van der Waals surface area contributed by atoms with Crippen LogP contribution in [0.15, 0.2) is 11.6 Å². The van der Waals surface area contributed by atoms with Gasteiger partial charge in [-0.05, 0) is 33.1 Å². The van der Waals surface area contributed by atoms with Crippen LogP contribution in [0.3, 0.4) is 0 Å². The highest BCUT2D eigenvalue weighted by Crippen LogP contribution is 2.28. The van der Waals surface area contributed by atoms with Crippen LogP contribution in [0, 0.1) is 0 Å². The molecule has 0 unspecified atom stereocenters. The maximum absolute atomic E-state index is 12.0. The number of rotatable bonds is 6. The minimum atomic E-state index is -3.19. The Labute approximate surface area is 115 Å². The molecule has 0 spiro atoms. The lowest BCUT2D eigenvalue weighted by molar-refractivity contribution is -0.0418. The van der Waals surface area contributed by atoms with Crippen molar-refractivity contribution in [1.29, 1.82) is 0 Å². The second-order valence-electron chi connectivity index (χ2n) is 5.49. The van der Waals surface area contributed by atoms with Gasteiger partial charge in [-0.3, -0.25) is 0 Å². The number of hydrogen-bond donors (Lipinski definition) is 1. The summed E-state index contributed by atoms with van der Waals surface area (Å²) >= 11 is 0. The van der Waals surface area contributed by atoms with Crippen molar-refractivity contribution in [1.82, 2.24) is 4.72 Å². The molecule has 0 bridgehead atoms. The SMILES string of the molecule is CC(C)=CCO[C@H]1CCOC[C@H]1NS(=O)(=O)C1CC1. The van der Waals surface area contributed by atoms with E-state index in [9.17, 15) is 8.42 Å². The smallest absolute Gasteiger partial charge is 0.214 e. The summed E-state index contributed by atoms with van der Waals surface area (Å²) in [5, 5.41) is -0.201. The highest BCUT2D eigenvalue weighted by Gasteiger charge is 2.39. The van der Waals surface area contributed by atoms with Gasteiger partial charge in [-0.15, -0.1) is 0 Å². The molecule has 1 aliphatic heterocycles. The molecule has 2 aliphatic rings. The summed E-state index contributed by atoms with van der Waals surface area (Å²) in [6, 6.07) is -0.259. The zero-order chi connectivity index (χ0) is 13.9. The van der Waals surface area contributed by atoms with Crippen LogP contribution in [0.4, 0.5) is 0 Å². The first-order valence-corrected chi connectivity index (χ1v) is 8.37. The third kappa shape index (κ3) is 4.56. The Hall–Kier alpha value is -0.430. The Bertz CT molecular complexity index is 424. The number of sulfonamides is 1. The lowest BCUT2D eigenvalue weighted by Gasteiger charge is -2.31. The predicted octanol–water partition coefficient (Wildman–Crippen LogP) is 1.21. The van der Waals surface area contributed by atoms with Gasteiger partial charge >= 0.3 is 0 Å². The van der Waals surface area contributed by atoms with Crippen molar-refractivity contribution in [3.05, 3.63) is 11.6 Å². The van der Waals surface area contributed by atoms with Gasteiger partial charge in [0, 0.05) is 6.61 Å². The Morgan fingerprint density at radius 3 is 2.74 bits per heavy atom. The Kier molecular flexibility index (Phi) is 5.00. The second kappa shape index (κ2) is 6.35. The third-order valence-electron chi connectivity index (χ3n) is 3.37. The van der Waals surface area contributed by atoms with E-state index in [1.807, 2.05) is 19.9 Å². The van der Waals surface area contributed by atoms with Gasteiger partial charge in [0.1, 0.15) is 0 Å². The van der Waals surface area contributed by atoms with Crippen LogP contribution in [0.5, 0.6) is 0 Å². The fraction of sp³-hybridized carbons (Fsp3) is 0.846. The molecule has 0 aromatic carbocycles. The molecule has 1 heterocycles. The van der Waals surface area contributed by atoms with Crippen LogP contribution in [-0.4, -0.2) is 45.6 Å². The van der Waals surface area contributed by atoms with E-state index in [4.69, 9.17) is 9.47 Å². The summed E-state index contributed by atoms with van der Waals surface area (Å²) in [6.07, 6.45) is 4.17. The van der Waals surface area contributed by atoms with Crippen LogP contribution >= 0.6 is 0 Å². The highest BCUT2D eigenvalue weighted by molar-refractivity contribution is 7.90. The Balaban J connectivity index is 1.90. The van der Waals surface area contributed by atoms with E-state index in [-0.39, 0.29) is 17.4 Å². The number of hydrogen-bond acceptors (Lipinski definition) is 4. The summed E-state index contributed by atoms with van der Waals surface area (Å²) < 4.78 is 37.8. The van der Waals surface area contributed by atoms with E-state index < -0.39 is 10.0 Å². The first-order chi connectivity index (χ1) is 8.99. The monoisotopic (exact) mass is 289 g/mol. The van der Waals surface area contributed by atoms with Crippen LogP contribution in [-0.2, 0) is 19.5 Å². The van der Waals surface area contributed by atoms with E-state index in [2.05, 4.69) is 4.72 Å². The standard InChI is InChI=1S/C13H23NO4S/c1-10(2)5-8-18-13-6-7-17-9-12(13)14-19(15,16)11-3-4-11/h5,11-14H,3-4,6-9H2,1-2H3/t12-,13+/m1/s1. The van der Waals surface area contributed by atoms with E-state index >= 15 is 0 Å². The number of nitrogens with one attached hydrogen (secondary N) is 1. The molecular formula is C13H23NO4S. The topological polar surface area (TPSA) is 64.6 Å². The summed E-state index contributed by atoms with van der Waals surface area (Å²) in [5.74, 6) is 0. The first-order valence-electron chi connectivity index (χ1n) is 6.83. The van der Waals surface area contributed by atoms with Gasteiger partial charge in [-0.25, -0.2) is 13.1 Å². The van der Waals surface area contributed by atoms with Crippen LogP contribution in [0.25, 0.3) is 0 Å². The Morgan fingerprint density at radius 2 is 2.11 bits per heavy atom. The average Bonchev–Trinajstić information content (AvgIpc) is 3.14. The molecule has 6 heteroatoms. The van der Waals surface area contributed by atoms with E-state index in [0.29, 0.717) is 19.8 Å². The zero-order valence-corrected chi connectivity index (χ0v) is 12.4. The quantitative estimate of drug-likeness (QED) is 0.747. The molecular weight excluding hydrogens is 266 g/mol. The van der Waals surface area contributed by atoms with Crippen molar-refractivity contribution < 1.29 is 17.9 Å². The van der Waals surface area contributed by atoms with Gasteiger partial charge in [0.2, 0.25) is 10.0 Å². The van der Waals surface area contributed by atoms with E-state index in [1.54, 1.807) is 0 Å². The lowest BCUT2D eigenvalue weighted by atomic mass is 10.1. The lowest BCUT2D eigenvalue weighted by Crippen LogP contribution is -2.51. The Morgan fingerprint density at radius 1 is 1.37 bits per heavy atom. The molecule has 1 saturated carbocycles. The average molecular weight is 289 g/mol. The molecule has 110 valence electrons. The second-order valence-corrected chi connectivity index (χ2v) is 7.48. The van der Waals surface area contributed by atoms with Gasteiger partial charge in [0.15, 0.2) is 0 Å². The van der Waals surface area contributed by atoms with Gasteiger partial charge in [-0.2, -0.15) is 0 Å². The van der Waals surface area contributed by atoms with Crippen molar-refractivity contribution >= 4 is 10.0 Å². The van der Waals surface area contributed by atoms with Crippen LogP contribution in [0.1, 0.15) is 33.1 Å². The fourth-order valence-corrected chi connectivity index (χ4v) is 3.64. The van der Waals surface area contributed by atoms with Gasteiger partial charge in [0.25, 0.3) is 0 Å². The fourth-order valence-electron chi connectivity index (χ4n) is 2.05. The minimum absolute atomic E-state index is 0.0992. The van der Waals surface area contributed by atoms with Gasteiger partial charge in [-0.1, -0.05) is 11.6 Å². The summed E-state index contributed by atoms with van der Waals surface area (Å²) in [4.78, 5) is 0. The van der Waals surface area contributed by atoms with E-state index in [0.717, 1.165) is 19.3 Å². The number of ether oxygens (including phenoxy) is 2. The largest absolute Gasteiger partial charge is 0.380 e. The van der Waals surface area contributed by atoms with Gasteiger partial charge < -0.3 is 9.47 Å².